The Bertz CT molecular complexity index is 386. The van der Waals surface area contributed by atoms with E-state index in [9.17, 15) is 4.39 Å². The Kier molecular flexibility index (Phi) is 6.74. The minimum absolute atomic E-state index is 0. The van der Waals surface area contributed by atoms with E-state index in [1.807, 2.05) is 6.07 Å². The Morgan fingerprint density at radius 1 is 1.37 bits per heavy atom. The number of hydrogen-bond donors (Lipinski definition) is 1. The molecule has 2 N–H and O–H groups in total. The van der Waals surface area contributed by atoms with Gasteiger partial charge in [0.05, 0.1) is 0 Å². The van der Waals surface area contributed by atoms with Crippen LogP contribution in [0.25, 0.3) is 0 Å². The summed E-state index contributed by atoms with van der Waals surface area (Å²) in [6.07, 6.45) is 2.29. The third kappa shape index (κ3) is 5.03. The highest BCUT2D eigenvalue weighted by Crippen LogP contribution is 2.22. The van der Waals surface area contributed by atoms with Crippen LogP contribution in [0.1, 0.15) is 25.3 Å². The van der Waals surface area contributed by atoms with Crippen LogP contribution in [0, 0.1) is 11.7 Å². The molecule has 1 saturated heterocycles. The summed E-state index contributed by atoms with van der Waals surface area (Å²) in [6, 6.07) is 5.38. The van der Waals surface area contributed by atoms with Gasteiger partial charge in [-0.25, -0.2) is 4.39 Å². The molecule has 0 aromatic heterocycles. The van der Waals surface area contributed by atoms with Crippen molar-refractivity contribution < 1.29 is 4.39 Å². The molecular formula is C14H21BrClFN2. The van der Waals surface area contributed by atoms with Crippen LogP contribution in [0.4, 0.5) is 4.39 Å². The topological polar surface area (TPSA) is 29.3 Å². The van der Waals surface area contributed by atoms with Crippen LogP contribution in [-0.2, 0) is 6.54 Å². The number of hydrogen-bond acceptors (Lipinski definition) is 2. The Morgan fingerprint density at radius 2 is 2.00 bits per heavy atom. The third-order valence-corrected chi connectivity index (χ3v) is 4.16. The van der Waals surface area contributed by atoms with Crippen molar-refractivity contribution in [3.8, 4) is 0 Å². The zero-order chi connectivity index (χ0) is 13.1. The summed E-state index contributed by atoms with van der Waals surface area (Å²) in [5, 5.41) is 0. The van der Waals surface area contributed by atoms with E-state index in [1.165, 1.54) is 6.07 Å². The van der Waals surface area contributed by atoms with Gasteiger partial charge >= 0.3 is 0 Å². The van der Waals surface area contributed by atoms with Crippen LogP contribution in [0.5, 0.6) is 0 Å². The molecule has 1 aromatic rings. The van der Waals surface area contributed by atoms with E-state index < -0.39 is 0 Å². The van der Waals surface area contributed by atoms with Crippen molar-refractivity contribution in [3.63, 3.8) is 0 Å². The minimum Gasteiger partial charge on any atom is -0.328 e. The van der Waals surface area contributed by atoms with Crippen molar-refractivity contribution in [2.45, 2.75) is 32.4 Å². The normalized spacial score (nSPS) is 18.9. The number of benzene rings is 1. The second-order valence-corrected chi connectivity index (χ2v) is 6.17. The van der Waals surface area contributed by atoms with Crippen molar-refractivity contribution in [1.82, 2.24) is 4.90 Å². The zero-order valence-electron chi connectivity index (χ0n) is 11.1. The minimum atomic E-state index is -0.176. The maximum Gasteiger partial charge on any atom is 0.124 e. The van der Waals surface area contributed by atoms with Gasteiger partial charge in [0, 0.05) is 17.1 Å². The molecule has 2 rings (SSSR count). The van der Waals surface area contributed by atoms with Gasteiger partial charge < -0.3 is 5.73 Å². The fourth-order valence-corrected chi connectivity index (χ4v) is 3.11. The fourth-order valence-electron chi connectivity index (χ4n) is 2.60. The quantitative estimate of drug-likeness (QED) is 0.902. The highest BCUT2D eigenvalue weighted by molar-refractivity contribution is 9.10. The highest BCUT2D eigenvalue weighted by Gasteiger charge is 2.21. The Hall–Kier alpha value is -0.160. The van der Waals surface area contributed by atoms with Gasteiger partial charge in [0.25, 0.3) is 0 Å². The number of halogens is 3. The maximum atomic E-state index is 13.3. The largest absolute Gasteiger partial charge is 0.328 e. The molecule has 0 spiro atoms. The third-order valence-electron chi connectivity index (χ3n) is 3.70. The summed E-state index contributed by atoms with van der Waals surface area (Å²) in [4.78, 5) is 2.38. The van der Waals surface area contributed by atoms with Gasteiger partial charge in [-0.1, -0.05) is 15.9 Å². The van der Waals surface area contributed by atoms with Crippen molar-refractivity contribution in [2.75, 3.05) is 13.1 Å². The lowest BCUT2D eigenvalue weighted by Gasteiger charge is -2.33. The molecular weight excluding hydrogens is 331 g/mol. The monoisotopic (exact) mass is 350 g/mol. The Balaban J connectivity index is 0.00000180. The second kappa shape index (κ2) is 7.58. The van der Waals surface area contributed by atoms with Crippen molar-refractivity contribution >= 4 is 28.3 Å². The Labute approximate surface area is 129 Å². The average molecular weight is 352 g/mol. The van der Waals surface area contributed by atoms with Gasteiger partial charge in [0.15, 0.2) is 0 Å². The molecule has 1 aliphatic heterocycles. The lowest BCUT2D eigenvalue weighted by molar-refractivity contribution is 0.165. The molecule has 2 nitrogen and oxygen atoms in total. The summed E-state index contributed by atoms with van der Waals surface area (Å²) in [5.41, 5.74) is 6.96. The SMILES string of the molecule is CC(N)C1CCN(Cc2cc(F)cc(Br)c2)CC1.Cl. The van der Waals surface area contributed by atoms with Gasteiger partial charge in [0.2, 0.25) is 0 Å². The van der Waals surface area contributed by atoms with Crippen LogP contribution in [-0.4, -0.2) is 24.0 Å². The van der Waals surface area contributed by atoms with Crippen LogP contribution in [0.15, 0.2) is 22.7 Å². The number of nitrogens with zero attached hydrogens (tertiary/aromatic N) is 1. The molecule has 0 aliphatic carbocycles. The molecule has 108 valence electrons. The van der Waals surface area contributed by atoms with E-state index in [0.29, 0.717) is 5.92 Å². The molecule has 0 bridgehead atoms. The van der Waals surface area contributed by atoms with E-state index in [-0.39, 0.29) is 24.3 Å². The smallest absolute Gasteiger partial charge is 0.124 e. The van der Waals surface area contributed by atoms with Gasteiger partial charge in [-0.3, -0.25) is 4.90 Å². The van der Waals surface area contributed by atoms with Crippen molar-refractivity contribution in [2.24, 2.45) is 11.7 Å². The van der Waals surface area contributed by atoms with Crippen molar-refractivity contribution in [1.29, 1.82) is 0 Å². The van der Waals surface area contributed by atoms with E-state index in [0.717, 1.165) is 42.5 Å². The summed E-state index contributed by atoms with van der Waals surface area (Å²) >= 11 is 3.33. The highest BCUT2D eigenvalue weighted by atomic mass is 79.9. The predicted octanol–water partition coefficient (Wildman–Crippen LogP) is 3.57. The molecule has 1 aromatic carbocycles. The molecule has 1 heterocycles. The molecule has 1 atom stereocenters. The number of nitrogens with two attached hydrogens (primary N) is 1. The van der Waals surface area contributed by atoms with Gasteiger partial charge in [-0.15, -0.1) is 12.4 Å². The molecule has 0 saturated carbocycles. The predicted molar refractivity (Wildman–Crippen MR) is 83.0 cm³/mol. The standard InChI is InChI=1S/C14H20BrFN2.ClH/c1-10(17)12-2-4-18(5-3-12)9-11-6-13(15)8-14(16)7-11;/h6-8,10,12H,2-5,9,17H2,1H3;1H. The maximum absolute atomic E-state index is 13.3. The number of likely N-dealkylation sites (tertiary alicyclic amines) is 1. The first-order valence-electron chi connectivity index (χ1n) is 6.47. The molecule has 1 unspecified atom stereocenters. The van der Waals surface area contributed by atoms with Gasteiger partial charge in [-0.05, 0) is 62.5 Å². The molecule has 5 heteroatoms. The first-order valence-corrected chi connectivity index (χ1v) is 7.27. The molecule has 1 fully saturated rings. The summed E-state index contributed by atoms with van der Waals surface area (Å²) in [5.74, 6) is 0.463. The summed E-state index contributed by atoms with van der Waals surface area (Å²) in [7, 11) is 0. The molecule has 1 aliphatic rings. The first kappa shape index (κ1) is 16.9. The average Bonchev–Trinajstić information content (AvgIpc) is 2.28. The van der Waals surface area contributed by atoms with Crippen LogP contribution < -0.4 is 5.73 Å². The van der Waals surface area contributed by atoms with E-state index in [4.69, 9.17) is 5.73 Å². The molecule has 0 radical (unpaired) electrons. The van der Waals surface area contributed by atoms with Crippen LogP contribution in [0.3, 0.4) is 0 Å². The van der Waals surface area contributed by atoms with E-state index in [2.05, 4.69) is 27.8 Å². The summed E-state index contributed by atoms with van der Waals surface area (Å²) < 4.78 is 14.1. The summed E-state index contributed by atoms with van der Waals surface area (Å²) in [6.45, 7) is 5.02. The lowest BCUT2D eigenvalue weighted by Crippen LogP contribution is -2.39. The van der Waals surface area contributed by atoms with Crippen molar-refractivity contribution in [3.05, 3.63) is 34.1 Å². The van der Waals surface area contributed by atoms with Crippen LogP contribution in [0.2, 0.25) is 0 Å². The van der Waals surface area contributed by atoms with Crippen LogP contribution >= 0.6 is 28.3 Å². The fraction of sp³-hybridized carbons (Fsp3) is 0.571. The van der Waals surface area contributed by atoms with E-state index >= 15 is 0 Å². The molecule has 0 amide bonds. The second-order valence-electron chi connectivity index (χ2n) is 5.25. The molecule has 19 heavy (non-hydrogen) atoms. The van der Waals surface area contributed by atoms with E-state index in [1.54, 1.807) is 6.07 Å². The zero-order valence-corrected chi connectivity index (χ0v) is 13.5. The number of piperidine rings is 1. The van der Waals surface area contributed by atoms with Gasteiger partial charge in [0.1, 0.15) is 5.82 Å². The number of rotatable bonds is 3. The Morgan fingerprint density at radius 3 is 2.53 bits per heavy atom. The lowest BCUT2D eigenvalue weighted by atomic mass is 9.91. The first-order chi connectivity index (χ1) is 8.54. The van der Waals surface area contributed by atoms with Gasteiger partial charge in [-0.2, -0.15) is 0 Å².